The summed E-state index contributed by atoms with van der Waals surface area (Å²) >= 11 is 0. The summed E-state index contributed by atoms with van der Waals surface area (Å²) in [5.41, 5.74) is 0. The molecule has 3 heteroatoms. The predicted molar refractivity (Wildman–Crippen MR) is 58.2 cm³/mol. The molecule has 0 bridgehead atoms. The lowest BCUT2D eigenvalue weighted by Gasteiger charge is -2.01. The summed E-state index contributed by atoms with van der Waals surface area (Å²) in [7, 11) is -0.588. The molecule has 0 heterocycles. The van der Waals surface area contributed by atoms with Crippen molar-refractivity contribution >= 4 is 15.7 Å². The van der Waals surface area contributed by atoms with E-state index < -0.39 is 9.76 Å². The Morgan fingerprint density at radius 2 is 1.85 bits per heavy atom. The second-order valence-corrected chi connectivity index (χ2v) is 4.75. The molecule has 0 spiro atoms. The van der Waals surface area contributed by atoms with Crippen molar-refractivity contribution < 1.29 is 9.22 Å². The third-order valence-electron chi connectivity index (χ3n) is 2.01. The van der Waals surface area contributed by atoms with E-state index in [0.29, 0.717) is 0 Å². The zero-order valence-electron chi connectivity index (χ0n) is 8.68. The molecule has 1 radical (unpaired) electrons. The van der Waals surface area contributed by atoms with Gasteiger partial charge in [0.15, 0.2) is 0 Å². The maximum Gasteiger partial charge on any atom is 0.292 e. The first kappa shape index (κ1) is 12.7. The molecule has 0 aromatic carbocycles. The Balaban J connectivity index is 2.87. The molecule has 0 aliphatic heterocycles. The van der Waals surface area contributed by atoms with Crippen LogP contribution in [0.15, 0.2) is 0 Å². The molecule has 77 valence electrons. The van der Waals surface area contributed by atoms with Crippen molar-refractivity contribution in [2.24, 2.45) is 0 Å². The molecule has 0 saturated heterocycles. The van der Waals surface area contributed by atoms with E-state index in [4.69, 9.17) is 4.43 Å². The fourth-order valence-corrected chi connectivity index (χ4v) is 2.17. The van der Waals surface area contributed by atoms with Crippen LogP contribution in [0.2, 0.25) is 6.04 Å². The topological polar surface area (TPSA) is 26.3 Å². The minimum Gasteiger partial charge on any atom is -0.525 e. The number of hydrogen-bond acceptors (Lipinski definition) is 2. The van der Waals surface area contributed by atoms with E-state index in [1.54, 1.807) is 0 Å². The van der Waals surface area contributed by atoms with Crippen LogP contribution < -0.4 is 0 Å². The Labute approximate surface area is 84.0 Å². The van der Waals surface area contributed by atoms with Gasteiger partial charge in [0.25, 0.3) is 5.97 Å². The second kappa shape index (κ2) is 9.77. The molecule has 0 aromatic rings. The monoisotopic (exact) mass is 201 g/mol. The molecule has 0 atom stereocenters. The number of carbonyl (C=O) groups is 1. The number of unbranched alkanes of at least 4 members (excludes halogenated alkanes) is 5. The van der Waals surface area contributed by atoms with Crippen molar-refractivity contribution in [1.82, 2.24) is 0 Å². The SMILES string of the molecule is [CH2]C(=O)O[SiH2]CCCCCCCC. The molecule has 0 saturated carbocycles. The summed E-state index contributed by atoms with van der Waals surface area (Å²) < 4.78 is 4.86. The van der Waals surface area contributed by atoms with Crippen molar-refractivity contribution in [3.63, 3.8) is 0 Å². The molecular weight excluding hydrogens is 180 g/mol. The summed E-state index contributed by atoms with van der Waals surface area (Å²) in [4.78, 5) is 10.3. The number of hydrogen-bond donors (Lipinski definition) is 0. The average Bonchev–Trinajstić information content (AvgIpc) is 2.09. The van der Waals surface area contributed by atoms with Gasteiger partial charge in [-0.05, 0) is 6.04 Å². The molecule has 0 aromatic heterocycles. The van der Waals surface area contributed by atoms with Gasteiger partial charge in [0.1, 0.15) is 0 Å². The molecule has 0 aliphatic rings. The van der Waals surface area contributed by atoms with Crippen LogP contribution in [0.3, 0.4) is 0 Å². The Kier molecular flexibility index (Phi) is 9.54. The van der Waals surface area contributed by atoms with Crippen LogP contribution >= 0.6 is 0 Å². The number of carbonyl (C=O) groups excluding carboxylic acids is 1. The average molecular weight is 201 g/mol. The smallest absolute Gasteiger partial charge is 0.292 e. The Hall–Kier alpha value is -0.313. The summed E-state index contributed by atoms with van der Waals surface area (Å²) in [5.74, 6) is -0.349. The van der Waals surface area contributed by atoms with Crippen molar-refractivity contribution in [3.8, 4) is 0 Å². The van der Waals surface area contributed by atoms with E-state index in [2.05, 4.69) is 13.8 Å². The van der Waals surface area contributed by atoms with Gasteiger partial charge in [-0.2, -0.15) is 0 Å². The van der Waals surface area contributed by atoms with Crippen molar-refractivity contribution in [1.29, 1.82) is 0 Å². The molecule has 0 N–H and O–H groups in total. The van der Waals surface area contributed by atoms with Crippen LogP contribution in [0.4, 0.5) is 0 Å². The van der Waals surface area contributed by atoms with Gasteiger partial charge >= 0.3 is 0 Å². The molecule has 0 aliphatic carbocycles. The minimum absolute atomic E-state index is 0.349. The molecule has 2 nitrogen and oxygen atoms in total. The summed E-state index contributed by atoms with van der Waals surface area (Å²) in [6.07, 6.45) is 7.86. The van der Waals surface area contributed by atoms with Crippen LogP contribution in [0, 0.1) is 6.92 Å². The predicted octanol–water partition coefficient (Wildman–Crippen LogP) is 2.23. The van der Waals surface area contributed by atoms with E-state index in [-0.39, 0.29) is 5.97 Å². The van der Waals surface area contributed by atoms with Crippen LogP contribution in [0.25, 0.3) is 0 Å². The first-order valence-corrected chi connectivity index (χ1v) is 6.83. The van der Waals surface area contributed by atoms with Crippen molar-refractivity contribution in [2.45, 2.75) is 51.5 Å². The van der Waals surface area contributed by atoms with Crippen molar-refractivity contribution in [2.75, 3.05) is 0 Å². The van der Waals surface area contributed by atoms with Gasteiger partial charge in [-0.25, -0.2) is 0 Å². The fourth-order valence-electron chi connectivity index (χ4n) is 1.25. The van der Waals surface area contributed by atoms with Gasteiger partial charge in [0.05, 0.1) is 6.92 Å². The number of rotatable bonds is 8. The molecular formula is C10H21O2Si. The van der Waals surface area contributed by atoms with Gasteiger partial charge < -0.3 is 4.43 Å². The first-order chi connectivity index (χ1) is 6.27. The zero-order chi connectivity index (χ0) is 9.94. The van der Waals surface area contributed by atoms with Gasteiger partial charge in [0.2, 0.25) is 9.76 Å². The third kappa shape index (κ3) is 11.7. The highest BCUT2D eigenvalue weighted by Gasteiger charge is 1.94. The maximum atomic E-state index is 10.3. The Morgan fingerprint density at radius 3 is 2.46 bits per heavy atom. The lowest BCUT2D eigenvalue weighted by Crippen LogP contribution is -2.03. The van der Waals surface area contributed by atoms with Gasteiger partial charge in [0, 0.05) is 0 Å². The lowest BCUT2D eigenvalue weighted by molar-refractivity contribution is -0.129. The summed E-state index contributed by atoms with van der Waals surface area (Å²) in [5, 5.41) is 0. The maximum absolute atomic E-state index is 10.3. The highest BCUT2D eigenvalue weighted by atomic mass is 28.2. The van der Waals surface area contributed by atoms with Crippen LogP contribution in [-0.4, -0.2) is 15.7 Å². The molecule has 0 rings (SSSR count). The van der Waals surface area contributed by atoms with Crippen LogP contribution in [0.5, 0.6) is 0 Å². The quantitative estimate of drug-likeness (QED) is 0.444. The van der Waals surface area contributed by atoms with E-state index in [1.807, 2.05) is 0 Å². The molecule has 13 heavy (non-hydrogen) atoms. The molecule has 0 amide bonds. The Morgan fingerprint density at radius 1 is 1.23 bits per heavy atom. The molecule has 0 fully saturated rings. The minimum atomic E-state index is -0.588. The van der Waals surface area contributed by atoms with Gasteiger partial charge in [-0.1, -0.05) is 45.4 Å². The van der Waals surface area contributed by atoms with Crippen LogP contribution in [-0.2, 0) is 9.22 Å². The first-order valence-electron chi connectivity index (χ1n) is 5.26. The highest BCUT2D eigenvalue weighted by Crippen LogP contribution is 2.06. The molecule has 0 unspecified atom stereocenters. The lowest BCUT2D eigenvalue weighted by atomic mass is 10.1. The van der Waals surface area contributed by atoms with Gasteiger partial charge in [-0.15, -0.1) is 0 Å². The van der Waals surface area contributed by atoms with Crippen molar-refractivity contribution in [3.05, 3.63) is 6.92 Å². The largest absolute Gasteiger partial charge is 0.525 e. The fraction of sp³-hybridized carbons (Fsp3) is 0.800. The third-order valence-corrected chi connectivity index (χ3v) is 3.33. The normalized spacial score (nSPS) is 10.9. The van der Waals surface area contributed by atoms with Gasteiger partial charge in [-0.3, -0.25) is 4.79 Å². The second-order valence-electron chi connectivity index (χ2n) is 3.34. The standard InChI is InChI=1S/C10H21O2Si/c1-3-4-5-6-7-8-9-13-12-10(2)11/h2-9,13H2,1H3. The van der Waals surface area contributed by atoms with E-state index in [9.17, 15) is 4.79 Å². The zero-order valence-corrected chi connectivity index (χ0v) is 10.1. The van der Waals surface area contributed by atoms with E-state index in [1.165, 1.54) is 38.5 Å². The highest BCUT2D eigenvalue weighted by molar-refractivity contribution is 6.30. The van der Waals surface area contributed by atoms with E-state index in [0.717, 1.165) is 6.04 Å². The van der Waals surface area contributed by atoms with E-state index >= 15 is 0 Å². The Bertz CT molecular complexity index is 126. The summed E-state index contributed by atoms with van der Waals surface area (Å²) in [6.45, 7) is 5.39. The van der Waals surface area contributed by atoms with Crippen LogP contribution in [0.1, 0.15) is 45.4 Å². The summed E-state index contributed by atoms with van der Waals surface area (Å²) in [6, 6.07) is 1.12.